The minimum Gasteiger partial charge on any atom is -0.384 e. The highest BCUT2D eigenvalue weighted by molar-refractivity contribution is 6.20. The molecule has 0 saturated carbocycles. The number of anilines is 2. The summed E-state index contributed by atoms with van der Waals surface area (Å²) in [4.78, 5) is 30.6. The summed E-state index contributed by atoms with van der Waals surface area (Å²) in [6.07, 6.45) is 1.70. The normalized spacial score (nSPS) is 21.8. The number of hydrogen-bond acceptors (Lipinski definition) is 5. The summed E-state index contributed by atoms with van der Waals surface area (Å²) >= 11 is 0. The summed E-state index contributed by atoms with van der Waals surface area (Å²) in [5.74, 6) is -2.47. The van der Waals surface area contributed by atoms with E-state index < -0.39 is 23.0 Å². The first kappa shape index (κ1) is 21.8. The van der Waals surface area contributed by atoms with Crippen LogP contribution in [-0.4, -0.2) is 18.2 Å². The molecule has 0 radical (unpaired) electrons. The van der Waals surface area contributed by atoms with Crippen molar-refractivity contribution in [1.29, 1.82) is 5.26 Å². The molecule has 1 aliphatic carbocycles. The summed E-state index contributed by atoms with van der Waals surface area (Å²) in [5, 5.41) is 10.3. The Morgan fingerprint density at radius 2 is 1.88 bits per heavy atom. The first-order valence-corrected chi connectivity index (χ1v) is 11.2. The minimum absolute atomic E-state index is 0.0761. The summed E-state index contributed by atoms with van der Waals surface area (Å²) in [6.45, 7) is 2.34. The molecule has 34 heavy (non-hydrogen) atoms. The van der Waals surface area contributed by atoms with Crippen LogP contribution in [0.1, 0.15) is 38.2 Å². The molecular formula is C26H22F2N4O2. The lowest BCUT2D eigenvalue weighted by Crippen LogP contribution is -2.52. The number of amides is 1. The summed E-state index contributed by atoms with van der Waals surface area (Å²) in [7, 11) is 0. The third kappa shape index (κ3) is 2.70. The number of fused-ring (bicyclic) bond motifs is 3. The quantitative estimate of drug-likeness (QED) is 0.742. The molecule has 8 heteroatoms. The molecule has 1 unspecified atom stereocenters. The number of halogens is 2. The van der Waals surface area contributed by atoms with E-state index in [4.69, 9.17) is 5.73 Å². The molecule has 2 N–H and O–H groups in total. The van der Waals surface area contributed by atoms with Gasteiger partial charge >= 0.3 is 0 Å². The van der Waals surface area contributed by atoms with Crippen LogP contribution in [0.15, 0.2) is 65.1 Å². The van der Waals surface area contributed by atoms with Crippen LogP contribution >= 0.6 is 0 Å². The Bertz CT molecular complexity index is 1360. The van der Waals surface area contributed by atoms with Crippen molar-refractivity contribution in [3.8, 4) is 6.07 Å². The number of rotatable bonds is 3. The molecule has 0 aromatic heterocycles. The van der Waals surface area contributed by atoms with E-state index in [0.717, 1.165) is 12.1 Å². The standard InChI is InChI=1S/C26H22F2N4O2/c1-2-12-31-19-7-4-3-6-16(19)26(25(31)34)17(14-29)24(30)32(20-11-10-15(27)13-18(20)28)21-8-5-9-22(33)23(21)26/h3-4,6-7,10-11,13H,2,5,8-9,12,30H2,1H3. The van der Waals surface area contributed by atoms with Gasteiger partial charge in [0, 0.05) is 41.6 Å². The lowest BCUT2D eigenvalue weighted by atomic mass is 9.63. The molecule has 0 bridgehead atoms. The highest BCUT2D eigenvalue weighted by Crippen LogP contribution is 2.56. The van der Waals surface area contributed by atoms with Gasteiger partial charge in [-0.15, -0.1) is 0 Å². The Hall–Kier alpha value is -3.99. The second kappa shape index (κ2) is 7.80. The number of nitrogens with zero attached hydrogens (tertiary/aromatic N) is 3. The van der Waals surface area contributed by atoms with Crippen LogP contribution in [0.4, 0.5) is 20.2 Å². The topological polar surface area (TPSA) is 90.4 Å². The van der Waals surface area contributed by atoms with Gasteiger partial charge in [0.15, 0.2) is 5.78 Å². The van der Waals surface area contributed by atoms with Gasteiger partial charge in [0.25, 0.3) is 0 Å². The number of benzene rings is 2. The highest BCUT2D eigenvalue weighted by atomic mass is 19.1. The van der Waals surface area contributed by atoms with Gasteiger partial charge in [-0.1, -0.05) is 25.1 Å². The zero-order valence-electron chi connectivity index (χ0n) is 18.6. The molecule has 172 valence electrons. The molecule has 6 nitrogen and oxygen atoms in total. The van der Waals surface area contributed by atoms with E-state index in [1.807, 2.05) is 6.92 Å². The molecule has 1 amide bonds. The largest absolute Gasteiger partial charge is 0.384 e. The number of carbonyl (C=O) groups excluding carboxylic acids is 2. The first-order valence-electron chi connectivity index (χ1n) is 11.2. The van der Waals surface area contributed by atoms with E-state index >= 15 is 0 Å². The molecule has 2 heterocycles. The number of nitrogens with two attached hydrogens (primary N) is 1. The van der Waals surface area contributed by atoms with Crippen molar-refractivity contribution in [3.63, 3.8) is 0 Å². The average molecular weight is 460 g/mol. The molecule has 2 aromatic rings. The Kier molecular flexibility index (Phi) is 5.01. The number of Topliss-reactive ketones (excluding diaryl/α,β-unsaturated/α-hetero) is 1. The minimum atomic E-state index is -1.69. The SMILES string of the molecule is CCCN1C(=O)C2(C(C#N)=C(N)N(c3ccc(F)cc3F)C3=C2C(=O)CCC3)c2ccccc21. The molecule has 2 aromatic carbocycles. The van der Waals surface area contributed by atoms with Crippen molar-refractivity contribution in [1.82, 2.24) is 0 Å². The zero-order valence-corrected chi connectivity index (χ0v) is 18.6. The molecule has 1 atom stereocenters. The second-order valence-electron chi connectivity index (χ2n) is 8.63. The van der Waals surface area contributed by atoms with E-state index in [9.17, 15) is 23.6 Å². The van der Waals surface area contributed by atoms with Gasteiger partial charge < -0.3 is 10.6 Å². The summed E-state index contributed by atoms with van der Waals surface area (Å²) in [5.41, 5.74) is 6.32. The number of carbonyl (C=O) groups is 2. The molecule has 2 aliphatic heterocycles. The van der Waals surface area contributed by atoms with E-state index in [1.165, 1.54) is 11.0 Å². The van der Waals surface area contributed by atoms with Gasteiger partial charge in [-0.05, 0) is 37.5 Å². The number of nitriles is 1. The maximum absolute atomic E-state index is 14.9. The molecular weight excluding hydrogens is 438 g/mol. The van der Waals surface area contributed by atoms with Crippen LogP contribution in [0, 0.1) is 23.0 Å². The fourth-order valence-electron chi connectivity index (χ4n) is 5.51. The third-order valence-corrected chi connectivity index (χ3v) is 6.78. The van der Waals surface area contributed by atoms with Crippen LogP contribution in [0.25, 0.3) is 0 Å². The van der Waals surface area contributed by atoms with Crippen LogP contribution in [0.2, 0.25) is 0 Å². The Balaban J connectivity index is 1.88. The maximum Gasteiger partial charge on any atom is 0.247 e. The zero-order chi connectivity index (χ0) is 24.2. The Labute approximate surface area is 195 Å². The Morgan fingerprint density at radius 3 is 2.59 bits per heavy atom. The van der Waals surface area contributed by atoms with Crippen LogP contribution in [-0.2, 0) is 15.0 Å². The fraction of sp³-hybridized carbons (Fsp3) is 0.269. The van der Waals surface area contributed by atoms with Crippen molar-refractivity contribution in [2.24, 2.45) is 5.73 Å². The monoisotopic (exact) mass is 460 g/mol. The number of para-hydroxylation sites is 1. The predicted octanol–water partition coefficient (Wildman–Crippen LogP) is 4.18. The number of hydrogen-bond donors (Lipinski definition) is 1. The van der Waals surface area contributed by atoms with Gasteiger partial charge in [0.1, 0.15) is 28.9 Å². The van der Waals surface area contributed by atoms with E-state index in [1.54, 1.807) is 29.2 Å². The predicted molar refractivity (Wildman–Crippen MR) is 122 cm³/mol. The molecule has 3 aliphatic rings. The second-order valence-corrected chi connectivity index (χ2v) is 8.63. The van der Waals surface area contributed by atoms with Crippen molar-refractivity contribution < 1.29 is 18.4 Å². The van der Waals surface area contributed by atoms with Gasteiger partial charge in [0.2, 0.25) is 5.91 Å². The molecule has 1 spiro atoms. The van der Waals surface area contributed by atoms with Gasteiger partial charge in [-0.3, -0.25) is 14.5 Å². The fourth-order valence-corrected chi connectivity index (χ4v) is 5.51. The van der Waals surface area contributed by atoms with Crippen molar-refractivity contribution in [2.75, 3.05) is 16.3 Å². The smallest absolute Gasteiger partial charge is 0.247 e. The molecule has 5 rings (SSSR count). The van der Waals surface area contributed by atoms with Crippen LogP contribution < -0.4 is 15.5 Å². The van der Waals surface area contributed by atoms with Crippen molar-refractivity contribution in [2.45, 2.75) is 38.0 Å². The summed E-state index contributed by atoms with van der Waals surface area (Å²) in [6, 6.07) is 12.2. The van der Waals surface area contributed by atoms with Gasteiger partial charge in [-0.2, -0.15) is 5.26 Å². The third-order valence-electron chi connectivity index (χ3n) is 6.78. The van der Waals surface area contributed by atoms with Gasteiger partial charge in [-0.25, -0.2) is 8.78 Å². The summed E-state index contributed by atoms with van der Waals surface area (Å²) < 4.78 is 28.6. The van der Waals surface area contributed by atoms with E-state index in [2.05, 4.69) is 6.07 Å². The number of ketones is 1. The van der Waals surface area contributed by atoms with Crippen molar-refractivity contribution >= 4 is 23.1 Å². The molecule has 0 fully saturated rings. The van der Waals surface area contributed by atoms with Crippen LogP contribution in [0.3, 0.4) is 0 Å². The lowest BCUT2D eigenvalue weighted by molar-refractivity contribution is -0.124. The first-order chi connectivity index (χ1) is 16.4. The Morgan fingerprint density at radius 1 is 1.12 bits per heavy atom. The maximum atomic E-state index is 14.9. The number of allylic oxidation sites excluding steroid dienone is 1. The molecule has 0 saturated heterocycles. The van der Waals surface area contributed by atoms with Gasteiger partial charge in [0.05, 0.1) is 11.3 Å². The average Bonchev–Trinajstić information content (AvgIpc) is 3.05. The highest BCUT2D eigenvalue weighted by Gasteiger charge is 2.62. The van der Waals surface area contributed by atoms with Crippen molar-refractivity contribution in [3.05, 3.63) is 82.3 Å². The lowest BCUT2D eigenvalue weighted by Gasteiger charge is -2.43. The van der Waals surface area contributed by atoms with Crippen LogP contribution in [0.5, 0.6) is 0 Å². The van der Waals surface area contributed by atoms with E-state index in [-0.39, 0.29) is 34.9 Å². The van der Waals surface area contributed by atoms with E-state index in [0.29, 0.717) is 42.8 Å².